The molecule has 21 heavy (non-hydrogen) atoms. The minimum atomic E-state index is -0.463. The van der Waals surface area contributed by atoms with E-state index in [0.717, 1.165) is 25.7 Å². The third-order valence-electron chi connectivity index (χ3n) is 2.98. The van der Waals surface area contributed by atoms with Crippen molar-refractivity contribution in [1.82, 2.24) is 5.32 Å². The highest BCUT2D eigenvalue weighted by Crippen LogP contribution is 2.21. The molecule has 1 aromatic carbocycles. The Morgan fingerprint density at radius 2 is 1.81 bits per heavy atom. The number of carbonyl (C=O) groups excluding carboxylic acids is 1. The fourth-order valence-corrected chi connectivity index (χ4v) is 2.54. The summed E-state index contributed by atoms with van der Waals surface area (Å²) in [5, 5.41) is 15.9. The lowest BCUT2D eigenvalue weighted by Gasteiger charge is -2.12. The van der Waals surface area contributed by atoms with E-state index in [1.165, 1.54) is 0 Å². The molecule has 116 valence electrons. The lowest BCUT2D eigenvalue weighted by atomic mass is 10.2. The van der Waals surface area contributed by atoms with Crippen LogP contribution in [0.25, 0.3) is 0 Å². The molecule has 2 amide bonds. The van der Waals surface area contributed by atoms with Gasteiger partial charge in [-0.1, -0.05) is 26.7 Å². The highest BCUT2D eigenvalue weighted by atomic mass is 32.2. The summed E-state index contributed by atoms with van der Waals surface area (Å²) in [5.74, 6) is 0. The summed E-state index contributed by atoms with van der Waals surface area (Å²) in [4.78, 5) is 22.5. The number of hydrogen-bond donors (Lipinski definition) is 2. The number of amides is 2. The van der Waals surface area contributed by atoms with E-state index < -0.39 is 4.33 Å². The molecular formula is C14H21N3O3S. The maximum absolute atomic E-state index is 11.7. The number of nitrogens with one attached hydrogen (secondary N) is 2. The van der Waals surface area contributed by atoms with E-state index in [0.29, 0.717) is 22.5 Å². The molecule has 1 fully saturated rings. The average molecular weight is 311 g/mol. The Hall–Kier alpha value is -1.76. The molecule has 2 N–H and O–H groups in total. The van der Waals surface area contributed by atoms with E-state index in [1.54, 1.807) is 24.3 Å². The summed E-state index contributed by atoms with van der Waals surface area (Å²) >= 11 is 0.546. The van der Waals surface area contributed by atoms with Crippen LogP contribution in [0.3, 0.4) is 0 Å². The van der Waals surface area contributed by atoms with Crippen molar-refractivity contribution < 1.29 is 9.12 Å². The van der Waals surface area contributed by atoms with Gasteiger partial charge in [0, 0.05) is 11.7 Å². The van der Waals surface area contributed by atoms with E-state index in [2.05, 4.69) is 10.6 Å². The number of carbonyl (C=O) groups is 1. The van der Waals surface area contributed by atoms with Crippen LogP contribution in [-0.2, 0) is 0 Å². The van der Waals surface area contributed by atoms with Gasteiger partial charge < -0.3 is 10.6 Å². The Bertz CT molecular complexity index is 459. The topological polar surface area (TPSA) is 84.3 Å². The van der Waals surface area contributed by atoms with Crippen molar-refractivity contribution in [1.29, 1.82) is 0 Å². The average Bonchev–Trinajstić information content (AvgIpc) is 2.95. The predicted octanol–water partition coefficient (Wildman–Crippen LogP) is 4.06. The Kier molecular flexibility index (Phi) is 7.60. The zero-order valence-electron chi connectivity index (χ0n) is 12.3. The van der Waals surface area contributed by atoms with Gasteiger partial charge in [-0.2, -0.15) is 0 Å². The molecule has 0 radical (unpaired) electrons. The molecule has 0 bridgehead atoms. The van der Waals surface area contributed by atoms with Gasteiger partial charge in [0.2, 0.25) is 0 Å². The third-order valence-corrected chi connectivity index (χ3v) is 3.61. The molecule has 1 aliphatic rings. The van der Waals surface area contributed by atoms with Crippen LogP contribution < -0.4 is 10.6 Å². The lowest BCUT2D eigenvalue weighted by molar-refractivity contribution is -0.284. The van der Waals surface area contributed by atoms with Crippen LogP contribution in [0.2, 0.25) is 0 Å². The highest BCUT2D eigenvalue weighted by molar-refractivity contribution is 7.93. The number of anilines is 1. The maximum Gasteiger partial charge on any atom is 0.319 e. The van der Waals surface area contributed by atoms with Gasteiger partial charge in [-0.05, 0) is 37.1 Å². The van der Waals surface area contributed by atoms with Gasteiger partial charge in [-0.25, -0.2) is 4.79 Å². The Morgan fingerprint density at radius 3 is 2.33 bits per heavy atom. The second-order valence-electron chi connectivity index (χ2n) is 4.42. The SMILES string of the molecule is CC.O=C(Nc1ccc(S[N+](=O)[O-])cc1)NC1CCCC1. The molecule has 0 unspecified atom stereocenters. The first-order valence-electron chi connectivity index (χ1n) is 7.13. The summed E-state index contributed by atoms with van der Waals surface area (Å²) in [6.07, 6.45) is 4.40. The maximum atomic E-state index is 11.7. The van der Waals surface area contributed by atoms with E-state index in [-0.39, 0.29) is 12.1 Å². The van der Waals surface area contributed by atoms with Crippen LogP contribution in [0.4, 0.5) is 10.5 Å². The minimum absolute atomic E-state index is 0.221. The number of hydrogen-bond acceptors (Lipinski definition) is 4. The Labute approximate surface area is 129 Å². The van der Waals surface area contributed by atoms with Gasteiger partial charge in [0.15, 0.2) is 0 Å². The van der Waals surface area contributed by atoms with Gasteiger partial charge in [0.05, 0.1) is 4.90 Å². The van der Waals surface area contributed by atoms with Crippen molar-refractivity contribution in [2.45, 2.75) is 50.5 Å². The van der Waals surface area contributed by atoms with Crippen molar-refractivity contribution in [3.05, 3.63) is 34.4 Å². The zero-order chi connectivity index (χ0) is 15.7. The number of nitro groups is 1. The van der Waals surface area contributed by atoms with Crippen LogP contribution in [-0.4, -0.2) is 16.4 Å². The van der Waals surface area contributed by atoms with Gasteiger partial charge in [-0.3, -0.25) is 10.1 Å². The molecule has 7 heteroatoms. The molecule has 0 atom stereocenters. The van der Waals surface area contributed by atoms with Gasteiger partial charge in [0.25, 0.3) is 11.9 Å². The summed E-state index contributed by atoms with van der Waals surface area (Å²) in [6.45, 7) is 4.00. The first-order chi connectivity index (χ1) is 10.1. The summed E-state index contributed by atoms with van der Waals surface area (Å²) in [7, 11) is 0. The van der Waals surface area contributed by atoms with Crippen LogP contribution in [0.1, 0.15) is 39.5 Å². The Balaban J connectivity index is 0.00000106. The zero-order valence-corrected chi connectivity index (χ0v) is 13.1. The molecule has 0 aromatic heterocycles. The normalized spacial score (nSPS) is 14.0. The van der Waals surface area contributed by atoms with Crippen molar-refractivity contribution in [2.75, 3.05) is 5.32 Å². The van der Waals surface area contributed by atoms with Crippen LogP contribution in [0, 0.1) is 10.1 Å². The van der Waals surface area contributed by atoms with E-state index in [9.17, 15) is 14.9 Å². The molecule has 0 heterocycles. The van der Waals surface area contributed by atoms with Crippen LogP contribution in [0.15, 0.2) is 29.2 Å². The second kappa shape index (κ2) is 9.23. The number of urea groups is 1. The first-order valence-corrected chi connectivity index (χ1v) is 7.91. The quantitative estimate of drug-likeness (QED) is 0.499. The largest absolute Gasteiger partial charge is 0.335 e. The monoisotopic (exact) mass is 311 g/mol. The molecule has 1 aliphatic carbocycles. The lowest BCUT2D eigenvalue weighted by Crippen LogP contribution is -2.36. The second-order valence-corrected chi connectivity index (χ2v) is 5.37. The van der Waals surface area contributed by atoms with Crippen molar-refractivity contribution in [2.24, 2.45) is 0 Å². The highest BCUT2D eigenvalue weighted by Gasteiger charge is 2.16. The van der Waals surface area contributed by atoms with Crippen LogP contribution in [0.5, 0.6) is 0 Å². The molecule has 0 spiro atoms. The number of benzene rings is 1. The molecule has 0 saturated heterocycles. The van der Waals surface area contributed by atoms with E-state index >= 15 is 0 Å². The summed E-state index contributed by atoms with van der Waals surface area (Å²) in [6, 6.07) is 6.57. The predicted molar refractivity (Wildman–Crippen MR) is 85.1 cm³/mol. The Morgan fingerprint density at radius 1 is 1.24 bits per heavy atom. The minimum Gasteiger partial charge on any atom is -0.335 e. The van der Waals surface area contributed by atoms with Crippen molar-refractivity contribution in [3.63, 3.8) is 0 Å². The van der Waals surface area contributed by atoms with Gasteiger partial charge in [0.1, 0.15) is 4.33 Å². The molecule has 0 aliphatic heterocycles. The van der Waals surface area contributed by atoms with Gasteiger partial charge in [-0.15, -0.1) is 0 Å². The molecule has 1 saturated carbocycles. The number of nitrogens with zero attached hydrogens (tertiary/aromatic N) is 1. The first kappa shape index (κ1) is 17.3. The molecular weight excluding hydrogens is 290 g/mol. The van der Waals surface area contributed by atoms with Crippen molar-refractivity contribution in [3.8, 4) is 0 Å². The van der Waals surface area contributed by atoms with Crippen LogP contribution >= 0.6 is 11.9 Å². The third kappa shape index (κ3) is 6.48. The van der Waals surface area contributed by atoms with Crippen molar-refractivity contribution >= 4 is 23.7 Å². The molecule has 2 rings (SSSR count). The summed E-state index contributed by atoms with van der Waals surface area (Å²) in [5.41, 5.74) is 0.628. The van der Waals surface area contributed by atoms with Gasteiger partial charge >= 0.3 is 6.03 Å². The van der Waals surface area contributed by atoms with E-state index in [4.69, 9.17) is 0 Å². The standard InChI is InChI=1S/C12H15N3O3S.C2H6/c16-12(13-9-3-1-2-4-9)14-10-5-7-11(8-6-10)19-15(17)18;1-2/h5-9H,1-4H2,(H2,13,14,16);1-2H3. The molecule has 6 nitrogen and oxygen atoms in total. The fraction of sp³-hybridized carbons (Fsp3) is 0.500. The molecule has 1 aromatic rings. The smallest absolute Gasteiger partial charge is 0.319 e. The number of rotatable bonds is 4. The summed E-state index contributed by atoms with van der Waals surface area (Å²) < 4.78 is -0.463. The van der Waals surface area contributed by atoms with E-state index in [1.807, 2.05) is 13.8 Å². The fourth-order valence-electron chi connectivity index (χ4n) is 2.11.